The summed E-state index contributed by atoms with van der Waals surface area (Å²) in [4.78, 5) is 33.1. The van der Waals surface area contributed by atoms with E-state index in [1.165, 1.54) is 12.1 Å². The maximum atomic E-state index is 13.8. The van der Waals surface area contributed by atoms with Crippen molar-refractivity contribution in [2.75, 3.05) is 11.9 Å². The zero-order valence-corrected chi connectivity index (χ0v) is 18.2. The molecule has 4 rings (SSSR count). The van der Waals surface area contributed by atoms with Crippen molar-refractivity contribution in [1.29, 1.82) is 5.26 Å². The standard InChI is InChI=1S/C26H23FN4O2/c1-2-3-13-31-24(17-7-6-12-29-16-17)23(20-8-4-5-9-21(20)26(31)33)25(32)30-19-10-11-22(27)18(14-19)15-28/h4-12,14,16,23-24H,2-3,13H2,1H3,(H,30,32)/t23-,24+/m0/s1. The molecule has 7 heteroatoms. The Morgan fingerprint density at radius 3 is 2.76 bits per heavy atom. The van der Waals surface area contributed by atoms with Crippen LogP contribution in [-0.2, 0) is 4.79 Å². The second kappa shape index (κ2) is 9.61. The van der Waals surface area contributed by atoms with Gasteiger partial charge in [0, 0.05) is 30.2 Å². The molecule has 0 radical (unpaired) electrons. The summed E-state index contributed by atoms with van der Waals surface area (Å²) in [6.07, 6.45) is 5.02. The third-order valence-corrected chi connectivity index (χ3v) is 5.85. The third-order valence-electron chi connectivity index (χ3n) is 5.85. The van der Waals surface area contributed by atoms with Gasteiger partial charge in [-0.3, -0.25) is 14.6 Å². The summed E-state index contributed by atoms with van der Waals surface area (Å²) >= 11 is 0. The average Bonchev–Trinajstić information content (AvgIpc) is 2.85. The molecule has 2 atom stereocenters. The van der Waals surface area contributed by atoms with Gasteiger partial charge in [0.05, 0.1) is 17.5 Å². The predicted octanol–water partition coefficient (Wildman–Crippen LogP) is 4.81. The minimum atomic E-state index is -0.712. The van der Waals surface area contributed by atoms with Crippen LogP contribution in [-0.4, -0.2) is 28.2 Å². The summed E-state index contributed by atoms with van der Waals surface area (Å²) < 4.78 is 13.8. The summed E-state index contributed by atoms with van der Waals surface area (Å²) in [6, 6.07) is 15.9. The first-order valence-electron chi connectivity index (χ1n) is 10.9. The van der Waals surface area contributed by atoms with Crippen molar-refractivity contribution >= 4 is 17.5 Å². The third kappa shape index (κ3) is 4.33. The second-order valence-electron chi connectivity index (χ2n) is 7.94. The number of amides is 2. The van der Waals surface area contributed by atoms with E-state index >= 15 is 0 Å². The molecule has 0 saturated carbocycles. The lowest BCUT2D eigenvalue weighted by Crippen LogP contribution is -2.46. The molecule has 0 saturated heterocycles. The van der Waals surface area contributed by atoms with Crippen LogP contribution >= 0.6 is 0 Å². The molecule has 2 aromatic carbocycles. The van der Waals surface area contributed by atoms with E-state index in [4.69, 9.17) is 5.26 Å². The molecule has 1 N–H and O–H groups in total. The molecule has 0 aliphatic carbocycles. The lowest BCUT2D eigenvalue weighted by Gasteiger charge is -2.41. The molecule has 166 valence electrons. The average molecular weight is 442 g/mol. The van der Waals surface area contributed by atoms with Gasteiger partial charge in [0.2, 0.25) is 5.91 Å². The molecule has 2 heterocycles. The number of fused-ring (bicyclic) bond motifs is 1. The molecule has 0 spiro atoms. The van der Waals surface area contributed by atoms with Gasteiger partial charge in [-0.15, -0.1) is 0 Å². The van der Waals surface area contributed by atoms with Crippen LogP contribution in [0.3, 0.4) is 0 Å². The highest BCUT2D eigenvalue weighted by atomic mass is 19.1. The Balaban J connectivity index is 1.81. The molecule has 1 aliphatic rings. The SMILES string of the molecule is CCCCN1C(=O)c2ccccc2[C@H](C(=O)Nc2ccc(F)c(C#N)c2)[C@H]1c1cccnc1. The lowest BCUT2D eigenvalue weighted by molar-refractivity contribution is -0.119. The fourth-order valence-electron chi connectivity index (χ4n) is 4.28. The lowest BCUT2D eigenvalue weighted by atomic mass is 9.79. The molecule has 0 fully saturated rings. The summed E-state index contributed by atoms with van der Waals surface area (Å²) in [7, 11) is 0. The Kier molecular flexibility index (Phi) is 6.45. The normalized spacial score (nSPS) is 17.2. The van der Waals surface area contributed by atoms with Crippen molar-refractivity contribution < 1.29 is 14.0 Å². The monoisotopic (exact) mass is 442 g/mol. The first-order valence-corrected chi connectivity index (χ1v) is 10.9. The molecule has 33 heavy (non-hydrogen) atoms. The number of nitrogens with one attached hydrogen (secondary N) is 1. The summed E-state index contributed by atoms with van der Waals surface area (Å²) in [5, 5.41) is 12.0. The fraction of sp³-hybridized carbons (Fsp3) is 0.231. The van der Waals surface area contributed by atoms with Crippen molar-refractivity contribution in [3.05, 3.63) is 95.1 Å². The van der Waals surface area contributed by atoms with Crippen molar-refractivity contribution in [3.8, 4) is 6.07 Å². The van der Waals surface area contributed by atoms with Gasteiger partial charge in [0.15, 0.2) is 0 Å². The molecule has 1 aliphatic heterocycles. The molecular weight excluding hydrogens is 419 g/mol. The number of benzene rings is 2. The maximum absolute atomic E-state index is 13.8. The van der Waals surface area contributed by atoms with E-state index in [0.29, 0.717) is 23.4 Å². The van der Waals surface area contributed by atoms with Gasteiger partial charge >= 0.3 is 0 Å². The van der Waals surface area contributed by atoms with Crippen LogP contribution in [0.2, 0.25) is 0 Å². The molecule has 1 aromatic heterocycles. The van der Waals surface area contributed by atoms with E-state index in [9.17, 15) is 14.0 Å². The second-order valence-corrected chi connectivity index (χ2v) is 7.94. The number of rotatable bonds is 6. The van der Waals surface area contributed by atoms with E-state index in [-0.39, 0.29) is 17.4 Å². The van der Waals surface area contributed by atoms with Gasteiger partial charge in [-0.2, -0.15) is 5.26 Å². The topological polar surface area (TPSA) is 86.1 Å². The Bertz CT molecular complexity index is 1220. The van der Waals surface area contributed by atoms with Gasteiger partial charge in [-0.1, -0.05) is 37.6 Å². The quantitative estimate of drug-likeness (QED) is 0.593. The number of pyridine rings is 1. The van der Waals surface area contributed by atoms with Gasteiger partial charge in [0.1, 0.15) is 11.9 Å². The molecule has 6 nitrogen and oxygen atoms in total. The van der Waals surface area contributed by atoms with E-state index in [2.05, 4.69) is 10.3 Å². The van der Waals surface area contributed by atoms with Crippen molar-refractivity contribution in [1.82, 2.24) is 9.88 Å². The summed E-state index contributed by atoms with van der Waals surface area (Å²) in [6.45, 7) is 2.55. The number of carbonyl (C=O) groups excluding carboxylic acids is 2. The Labute approximate surface area is 191 Å². The number of anilines is 1. The van der Waals surface area contributed by atoms with Gasteiger partial charge in [0.25, 0.3) is 5.91 Å². The van der Waals surface area contributed by atoms with Crippen LogP contribution in [0.15, 0.2) is 67.0 Å². The highest BCUT2D eigenvalue weighted by Crippen LogP contribution is 2.43. The number of aromatic nitrogens is 1. The Hall–Kier alpha value is -4.05. The molecule has 0 bridgehead atoms. The maximum Gasteiger partial charge on any atom is 0.254 e. The van der Waals surface area contributed by atoms with Crippen molar-refractivity contribution in [3.63, 3.8) is 0 Å². The van der Waals surface area contributed by atoms with E-state index < -0.39 is 17.8 Å². The summed E-state index contributed by atoms with van der Waals surface area (Å²) in [5.41, 5.74) is 2.04. The van der Waals surface area contributed by atoms with E-state index in [1.54, 1.807) is 53.7 Å². The van der Waals surface area contributed by atoms with Gasteiger partial charge < -0.3 is 10.2 Å². The molecule has 2 amide bonds. The van der Waals surface area contributed by atoms with Crippen LogP contribution in [0.1, 0.15) is 58.8 Å². The largest absolute Gasteiger partial charge is 0.330 e. The molecule has 3 aromatic rings. The number of unbranched alkanes of at least 4 members (excludes halogenated alkanes) is 1. The van der Waals surface area contributed by atoms with Crippen LogP contribution in [0.4, 0.5) is 10.1 Å². The minimum absolute atomic E-state index is 0.120. The smallest absolute Gasteiger partial charge is 0.254 e. The number of carbonyl (C=O) groups is 2. The number of nitriles is 1. The Morgan fingerprint density at radius 2 is 2.03 bits per heavy atom. The van der Waals surface area contributed by atoms with Crippen LogP contribution in [0, 0.1) is 17.1 Å². The molecular formula is C26H23FN4O2. The fourth-order valence-corrected chi connectivity index (χ4v) is 4.28. The van der Waals surface area contributed by atoms with Crippen LogP contribution in [0.5, 0.6) is 0 Å². The number of halogens is 1. The zero-order valence-electron chi connectivity index (χ0n) is 18.2. The van der Waals surface area contributed by atoms with Crippen molar-refractivity contribution in [2.45, 2.75) is 31.7 Å². The zero-order chi connectivity index (χ0) is 23.4. The van der Waals surface area contributed by atoms with Crippen molar-refractivity contribution in [2.24, 2.45) is 0 Å². The predicted molar refractivity (Wildman–Crippen MR) is 122 cm³/mol. The van der Waals surface area contributed by atoms with Crippen LogP contribution in [0.25, 0.3) is 0 Å². The minimum Gasteiger partial charge on any atom is -0.330 e. The van der Waals surface area contributed by atoms with Crippen LogP contribution < -0.4 is 5.32 Å². The molecule has 0 unspecified atom stereocenters. The van der Waals surface area contributed by atoms with E-state index in [1.807, 2.05) is 13.0 Å². The van der Waals surface area contributed by atoms with Gasteiger partial charge in [-0.25, -0.2) is 4.39 Å². The Morgan fingerprint density at radius 1 is 1.21 bits per heavy atom. The summed E-state index contributed by atoms with van der Waals surface area (Å²) in [5.74, 6) is -1.83. The first-order chi connectivity index (χ1) is 16.0. The number of nitrogens with zero attached hydrogens (tertiary/aromatic N) is 3. The first kappa shape index (κ1) is 22.2. The highest BCUT2D eigenvalue weighted by molar-refractivity contribution is 6.04. The van der Waals surface area contributed by atoms with E-state index in [0.717, 1.165) is 24.5 Å². The van der Waals surface area contributed by atoms with Gasteiger partial charge in [-0.05, 0) is 47.9 Å². The number of hydrogen-bond acceptors (Lipinski definition) is 4. The number of hydrogen-bond donors (Lipinski definition) is 1. The highest BCUT2D eigenvalue weighted by Gasteiger charge is 2.44.